The van der Waals surface area contributed by atoms with Crippen molar-refractivity contribution < 1.29 is 0 Å². The van der Waals surface area contributed by atoms with Crippen LogP contribution >= 0.6 is 0 Å². The molecule has 2 heteroatoms. The van der Waals surface area contributed by atoms with Gasteiger partial charge in [-0.05, 0) is 37.5 Å². The zero-order valence-electron chi connectivity index (χ0n) is 18.6. The maximum Gasteiger partial charge on any atom is 0.0341 e. The lowest BCUT2D eigenvalue weighted by molar-refractivity contribution is 0.317. The van der Waals surface area contributed by atoms with E-state index in [4.69, 9.17) is 5.73 Å². The molecule has 1 rings (SSSR count). The van der Waals surface area contributed by atoms with E-state index in [2.05, 4.69) is 43.9 Å². The highest BCUT2D eigenvalue weighted by molar-refractivity contribution is 5.35. The number of rotatable bonds is 16. The molecular weight excluding hydrogens is 328 g/mol. The maximum absolute atomic E-state index is 6.12. The lowest BCUT2D eigenvalue weighted by atomic mass is 10.1. The topological polar surface area (TPSA) is 29.3 Å². The molecule has 0 amide bonds. The van der Waals surface area contributed by atoms with Gasteiger partial charge in [-0.1, -0.05) is 90.6 Å². The van der Waals surface area contributed by atoms with Crippen molar-refractivity contribution in [2.45, 2.75) is 111 Å². The van der Waals surface area contributed by atoms with Crippen LogP contribution < -0.4 is 5.73 Å². The first-order valence-corrected chi connectivity index (χ1v) is 11.8. The van der Waals surface area contributed by atoms with Gasteiger partial charge in [0.05, 0.1) is 0 Å². The Morgan fingerprint density at radius 2 is 1.26 bits per heavy atom. The molecule has 0 bridgehead atoms. The van der Waals surface area contributed by atoms with Crippen LogP contribution in [0, 0.1) is 0 Å². The zero-order valence-corrected chi connectivity index (χ0v) is 18.6. The molecule has 0 unspecified atom stereocenters. The fraction of sp³-hybridized carbons (Fsp3) is 0.760. The molecule has 0 saturated heterocycles. The molecule has 0 aromatic heterocycles. The molecule has 27 heavy (non-hydrogen) atoms. The predicted octanol–water partition coefficient (Wildman–Crippen LogP) is 7.48. The van der Waals surface area contributed by atoms with E-state index < -0.39 is 0 Å². The Morgan fingerprint density at radius 3 is 1.78 bits per heavy atom. The minimum absolute atomic E-state index is 0.917. The molecule has 156 valence electrons. The van der Waals surface area contributed by atoms with Crippen LogP contribution in [0.15, 0.2) is 35.2 Å². The number of hydrogen-bond donors (Lipinski definition) is 1. The van der Waals surface area contributed by atoms with Crippen LogP contribution in [-0.4, -0.2) is 18.0 Å². The van der Waals surface area contributed by atoms with Crippen molar-refractivity contribution in [3.05, 3.63) is 35.2 Å². The smallest absolute Gasteiger partial charge is 0.0341 e. The summed E-state index contributed by atoms with van der Waals surface area (Å²) >= 11 is 0. The molecule has 2 N–H and O–H groups in total. The minimum Gasteiger partial charge on any atom is -0.399 e. The number of nitrogens with zero attached hydrogens (tertiary/aromatic N) is 1. The Labute approximate surface area is 170 Å². The van der Waals surface area contributed by atoms with Gasteiger partial charge >= 0.3 is 0 Å². The van der Waals surface area contributed by atoms with Crippen LogP contribution in [0.3, 0.4) is 0 Å². The fourth-order valence-electron chi connectivity index (χ4n) is 3.79. The fourth-order valence-corrected chi connectivity index (χ4v) is 3.79. The summed E-state index contributed by atoms with van der Waals surface area (Å²) < 4.78 is 0. The van der Waals surface area contributed by atoms with Gasteiger partial charge in [-0.15, -0.1) is 0 Å². The highest BCUT2D eigenvalue weighted by atomic mass is 15.1. The molecule has 2 nitrogen and oxygen atoms in total. The van der Waals surface area contributed by atoms with Gasteiger partial charge in [-0.3, -0.25) is 0 Å². The molecule has 0 heterocycles. The van der Waals surface area contributed by atoms with Crippen LogP contribution in [0.25, 0.3) is 0 Å². The van der Waals surface area contributed by atoms with Gasteiger partial charge < -0.3 is 10.6 Å². The summed E-state index contributed by atoms with van der Waals surface area (Å²) in [4.78, 5) is 2.65. The third kappa shape index (κ3) is 11.3. The van der Waals surface area contributed by atoms with Crippen molar-refractivity contribution in [3.63, 3.8) is 0 Å². The number of nitrogens with two attached hydrogens (primary N) is 1. The highest BCUT2D eigenvalue weighted by Crippen LogP contribution is 2.20. The third-order valence-electron chi connectivity index (χ3n) is 5.68. The first-order chi connectivity index (χ1) is 13.2. The van der Waals surface area contributed by atoms with Gasteiger partial charge in [0, 0.05) is 30.9 Å². The molecule has 0 aliphatic heterocycles. The van der Waals surface area contributed by atoms with Crippen LogP contribution in [0.4, 0.5) is 0 Å². The monoisotopic (exact) mass is 374 g/mol. The summed E-state index contributed by atoms with van der Waals surface area (Å²) in [5.41, 5.74) is 9.71. The summed E-state index contributed by atoms with van der Waals surface area (Å²) in [6, 6.07) is 0. The van der Waals surface area contributed by atoms with Crippen molar-refractivity contribution in [1.82, 2.24) is 4.90 Å². The molecule has 0 atom stereocenters. The zero-order chi connectivity index (χ0) is 19.7. The first-order valence-electron chi connectivity index (χ1n) is 11.8. The normalized spacial score (nSPS) is 14.4. The van der Waals surface area contributed by atoms with E-state index in [0.717, 1.165) is 12.1 Å². The van der Waals surface area contributed by atoms with Gasteiger partial charge in [-0.2, -0.15) is 0 Å². The molecule has 1 aliphatic carbocycles. The van der Waals surface area contributed by atoms with Crippen LogP contribution in [0.5, 0.6) is 0 Å². The van der Waals surface area contributed by atoms with E-state index in [0.29, 0.717) is 0 Å². The predicted molar refractivity (Wildman–Crippen MR) is 122 cm³/mol. The average molecular weight is 375 g/mol. The Balaban J connectivity index is 2.46. The molecular formula is C25H46N2. The Kier molecular flexibility index (Phi) is 14.0. The lowest BCUT2D eigenvalue weighted by Crippen LogP contribution is -2.25. The van der Waals surface area contributed by atoms with Gasteiger partial charge in [0.25, 0.3) is 0 Å². The maximum atomic E-state index is 6.12. The van der Waals surface area contributed by atoms with Crippen molar-refractivity contribution in [2.24, 2.45) is 5.73 Å². The van der Waals surface area contributed by atoms with E-state index in [1.165, 1.54) is 108 Å². The molecule has 1 aliphatic rings. The van der Waals surface area contributed by atoms with Crippen molar-refractivity contribution in [3.8, 4) is 0 Å². The molecule has 0 radical (unpaired) electrons. The Bertz CT molecular complexity index is 459. The second-order valence-electron chi connectivity index (χ2n) is 8.26. The second kappa shape index (κ2) is 15.8. The summed E-state index contributed by atoms with van der Waals surface area (Å²) in [5, 5.41) is 0. The Morgan fingerprint density at radius 1 is 0.778 bits per heavy atom. The number of unbranched alkanes of at least 4 members (excludes halogenated alkanes) is 11. The van der Waals surface area contributed by atoms with Gasteiger partial charge in [0.1, 0.15) is 0 Å². The minimum atomic E-state index is 0.917. The summed E-state index contributed by atoms with van der Waals surface area (Å²) in [6.07, 6.45) is 25.5. The third-order valence-corrected chi connectivity index (χ3v) is 5.68. The molecule has 0 saturated carbocycles. The van der Waals surface area contributed by atoms with E-state index in [1.807, 2.05) is 0 Å². The van der Waals surface area contributed by atoms with Crippen molar-refractivity contribution in [1.29, 1.82) is 0 Å². The van der Waals surface area contributed by atoms with Crippen molar-refractivity contribution in [2.75, 3.05) is 13.1 Å². The van der Waals surface area contributed by atoms with Gasteiger partial charge in [0.2, 0.25) is 0 Å². The number of hydrogen-bond acceptors (Lipinski definition) is 2. The van der Waals surface area contributed by atoms with Crippen molar-refractivity contribution >= 4 is 0 Å². The van der Waals surface area contributed by atoms with Crippen LogP contribution in [0.2, 0.25) is 0 Å². The second-order valence-corrected chi connectivity index (χ2v) is 8.26. The van der Waals surface area contributed by atoms with Gasteiger partial charge in [-0.25, -0.2) is 0 Å². The summed E-state index contributed by atoms with van der Waals surface area (Å²) in [5.74, 6) is 0. The van der Waals surface area contributed by atoms with Crippen LogP contribution in [-0.2, 0) is 0 Å². The molecule has 0 spiro atoms. The molecule has 0 fully saturated rings. The van der Waals surface area contributed by atoms with E-state index in [-0.39, 0.29) is 0 Å². The molecule has 0 aromatic rings. The molecule has 0 aromatic carbocycles. The summed E-state index contributed by atoms with van der Waals surface area (Å²) in [7, 11) is 0. The average Bonchev–Trinajstić information content (AvgIpc) is 2.83. The quantitative estimate of drug-likeness (QED) is 0.284. The standard InChI is InChI=1S/C25H46N2/c1-4-6-8-10-12-14-16-21-27(20-15-13-11-9-7-5-2)24-18-17-19-25(26)23(3)22-24/h17,19,22H,4-16,18,20-21,26H2,1-3H3. The number of allylic oxidation sites excluding steroid dienone is 4. The largest absolute Gasteiger partial charge is 0.399 e. The van der Waals surface area contributed by atoms with E-state index in [1.54, 1.807) is 0 Å². The highest BCUT2D eigenvalue weighted by Gasteiger charge is 2.11. The van der Waals surface area contributed by atoms with Crippen LogP contribution in [0.1, 0.15) is 111 Å². The van der Waals surface area contributed by atoms with E-state index in [9.17, 15) is 0 Å². The SMILES string of the molecule is CCCCCCCCCN(CCCCCCCC)C1=CC(C)=C(N)C=CC1. The van der Waals surface area contributed by atoms with E-state index >= 15 is 0 Å². The van der Waals surface area contributed by atoms with Gasteiger partial charge in [0.15, 0.2) is 0 Å². The Hall–Kier alpha value is -1.18. The first kappa shape index (κ1) is 23.9. The summed E-state index contributed by atoms with van der Waals surface area (Å²) in [6.45, 7) is 9.13. The lowest BCUT2D eigenvalue weighted by Gasteiger charge is -2.27.